The largest absolute Gasteiger partial charge is 0.488 e. The van der Waals surface area contributed by atoms with E-state index in [-0.39, 0.29) is 29.9 Å². The molecule has 0 unspecified atom stereocenters. The van der Waals surface area contributed by atoms with Gasteiger partial charge in [-0.25, -0.2) is 0 Å². The summed E-state index contributed by atoms with van der Waals surface area (Å²) in [6.45, 7) is 0.507. The zero-order valence-corrected chi connectivity index (χ0v) is 13.8. The van der Waals surface area contributed by atoms with Gasteiger partial charge in [-0.2, -0.15) is 0 Å². The molecule has 5 nitrogen and oxygen atoms in total. The predicted molar refractivity (Wildman–Crippen MR) is 89.5 cm³/mol. The second-order valence-electron chi connectivity index (χ2n) is 7.21. The summed E-state index contributed by atoms with van der Waals surface area (Å²) in [7, 11) is 0. The average Bonchev–Trinajstić information content (AvgIpc) is 3.23. The lowest BCUT2D eigenvalue weighted by atomic mass is 9.84. The van der Waals surface area contributed by atoms with Crippen LogP contribution in [0.4, 0.5) is 0 Å². The number of nitrogens with one attached hydrogen (secondary N) is 1. The average molecular weight is 328 g/mol. The highest BCUT2D eigenvalue weighted by molar-refractivity contribution is 5.89. The molecule has 1 aliphatic heterocycles. The summed E-state index contributed by atoms with van der Waals surface area (Å²) in [5, 5.41) is 3.05. The van der Waals surface area contributed by atoms with E-state index in [1.54, 1.807) is 4.90 Å². The zero-order chi connectivity index (χ0) is 16.5. The van der Waals surface area contributed by atoms with Crippen LogP contribution in [0.3, 0.4) is 0 Å². The molecule has 1 heterocycles. The van der Waals surface area contributed by atoms with E-state index in [0.29, 0.717) is 19.0 Å². The third-order valence-electron chi connectivity index (χ3n) is 5.27. The molecule has 128 valence electrons. The number of hydrogen-bond acceptors (Lipinski definition) is 3. The fourth-order valence-corrected chi connectivity index (χ4v) is 3.48. The van der Waals surface area contributed by atoms with Gasteiger partial charge in [0.15, 0.2) is 0 Å². The Morgan fingerprint density at radius 3 is 2.46 bits per heavy atom. The lowest BCUT2D eigenvalue weighted by Crippen LogP contribution is -2.49. The Hall–Kier alpha value is -2.04. The van der Waals surface area contributed by atoms with E-state index in [1.165, 1.54) is 0 Å². The number of carbonyl (C=O) groups is 2. The van der Waals surface area contributed by atoms with Gasteiger partial charge in [-0.1, -0.05) is 24.6 Å². The van der Waals surface area contributed by atoms with Gasteiger partial charge < -0.3 is 15.0 Å². The first-order valence-corrected chi connectivity index (χ1v) is 9.03. The second-order valence-corrected chi connectivity index (χ2v) is 7.21. The first-order valence-electron chi connectivity index (χ1n) is 9.03. The maximum Gasteiger partial charge on any atom is 0.243 e. The third kappa shape index (κ3) is 3.25. The summed E-state index contributed by atoms with van der Waals surface area (Å²) in [6.07, 6.45) is 5.59. The van der Waals surface area contributed by atoms with E-state index in [1.807, 2.05) is 30.3 Å². The van der Waals surface area contributed by atoms with E-state index in [0.717, 1.165) is 37.9 Å². The van der Waals surface area contributed by atoms with Gasteiger partial charge in [-0.05, 0) is 37.8 Å². The summed E-state index contributed by atoms with van der Waals surface area (Å²) in [6, 6.07) is 9.56. The van der Waals surface area contributed by atoms with Crippen LogP contribution in [0.15, 0.2) is 30.3 Å². The lowest BCUT2D eigenvalue weighted by Gasteiger charge is -2.32. The van der Waals surface area contributed by atoms with Gasteiger partial charge in [-0.15, -0.1) is 0 Å². The number of ether oxygens (including phenoxy) is 1. The standard InChI is InChI=1S/C19H24N2O3/c22-18(20-14-9-10-14)17-11-16(24-15-7-2-1-3-8-15)12-21(17)19(23)13-5-4-6-13/h1-3,7-8,13-14,16-17H,4-6,9-12H2,(H,20,22)/t16-,17-/m0/s1. The van der Waals surface area contributed by atoms with Gasteiger partial charge >= 0.3 is 0 Å². The number of rotatable bonds is 5. The van der Waals surface area contributed by atoms with Crippen LogP contribution in [0.5, 0.6) is 5.75 Å². The van der Waals surface area contributed by atoms with Crippen molar-refractivity contribution in [2.45, 2.75) is 56.7 Å². The molecule has 2 atom stereocenters. The van der Waals surface area contributed by atoms with E-state index in [2.05, 4.69) is 5.32 Å². The minimum absolute atomic E-state index is 0.00987. The Kier molecular flexibility index (Phi) is 4.17. The summed E-state index contributed by atoms with van der Waals surface area (Å²) in [5.74, 6) is 1.03. The van der Waals surface area contributed by atoms with Crippen LogP contribution < -0.4 is 10.1 Å². The molecule has 0 bridgehead atoms. The number of hydrogen-bond donors (Lipinski definition) is 1. The Labute approximate surface area is 142 Å². The molecule has 0 spiro atoms. The molecule has 24 heavy (non-hydrogen) atoms. The van der Waals surface area contributed by atoms with Crippen molar-refractivity contribution >= 4 is 11.8 Å². The fourth-order valence-electron chi connectivity index (χ4n) is 3.48. The van der Waals surface area contributed by atoms with Crippen LogP contribution in [0.25, 0.3) is 0 Å². The van der Waals surface area contributed by atoms with Crippen LogP contribution in [0.1, 0.15) is 38.5 Å². The van der Waals surface area contributed by atoms with Gasteiger partial charge in [0, 0.05) is 18.4 Å². The molecule has 4 rings (SSSR count). The highest BCUT2D eigenvalue weighted by atomic mass is 16.5. The van der Waals surface area contributed by atoms with Crippen molar-refractivity contribution in [2.24, 2.45) is 5.92 Å². The molecule has 2 saturated carbocycles. The van der Waals surface area contributed by atoms with E-state index in [9.17, 15) is 9.59 Å². The monoisotopic (exact) mass is 328 g/mol. The summed E-state index contributed by atoms with van der Waals surface area (Å²) >= 11 is 0. The lowest BCUT2D eigenvalue weighted by molar-refractivity contribution is -0.143. The maximum atomic E-state index is 12.7. The van der Waals surface area contributed by atoms with Crippen molar-refractivity contribution in [2.75, 3.05) is 6.54 Å². The molecule has 0 aromatic heterocycles. The second kappa shape index (κ2) is 6.46. The maximum absolute atomic E-state index is 12.7. The number of amides is 2. The Bertz CT molecular complexity index is 610. The van der Waals surface area contributed by atoms with Crippen LogP contribution >= 0.6 is 0 Å². The van der Waals surface area contributed by atoms with Crippen molar-refractivity contribution in [3.8, 4) is 5.75 Å². The highest BCUT2D eigenvalue weighted by Gasteiger charge is 2.44. The molecular formula is C19H24N2O3. The molecule has 5 heteroatoms. The molecule has 1 aromatic rings. The first kappa shape index (κ1) is 15.5. The van der Waals surface area contributed by atoms with Crippen LogP contribution in [-0.2, 0) is 9.59 Å². The van der Waals surface area contributed by atoms with Crippen LogP contribution in [0.2, 0.25) is 0 Å². The summed E-state index contributed by atoms with van der Waals surface area (Å²) in [5.41, 5.74) is 0. The number of nitrogens with zero attached hydrogens (tertiary/aromatic N) is 1. The van der Waals surface area contributed by atoms with Gasteiger partial charge in [0.2, 0.25) is 11.8 Å². The summed E-state index contributed by atoms with van der Waals surface area (Å²) in [4.78, 5) is 27.1. The van der Waals surface area contributed by atoms with E-state index in [4.69, 9.17) is 4.74 Å². The van der Waals surface area contributed by atoms with Crippen molar-refractivity contribution in [1.29, 1.82) is 0 Å². The minimum Gasteiger partial charge on any atom is -0.488 e. The molecule has 3 aliphatic rings. The molecule has 2 amide bonds. The Balaban J connectivity index is 1.45. The minimum atomic E-state index is -0.382. The molecule has 2 aliphatic carbocycles. The molecule has 3 fully saturated rings. The van der Waals surface area contributed by atoms with Gasteiger partial charge in [0.25, 0.3) is 0 Å². The molecule has 1 N–H and O–H groups in total. The fraction of sp³-hybridized carbons (Fsp3) is 0.579. The Morgan fingerprint density at radius 2 is 1.83 bits per heavy atom. The zero-order valence-electron chi connectivity index (χ0n) is 13.8. The Morgan fingerprint density at radius 1 is 1.08 bits per heavy atom. The molecule has 1 saturated heterocycles. The smallest absolute Gasteiger partial charge is 0.243 e. The normalized spacial score (nSPS) is 26.8. The topological polar surface area (TPSA) is 58.6 Å². The van der Waals surface area contributed by atoms with Gasteiger partial charge in [-0.3, -0.25) is 9.59 Å². The number of carbonyl (C=O) groups excluding carboxylic acids is 2. The first-order chi connectivity index (χ1) is 11.7. The van der Waals surface area contributed by atoms with Crippen molar-refractivity contribution in [3.63, 3.8) is 0 Å². The predicted octanol–water partition coefficient (Wildman–Crippen LogP) is 2.11. The van der Waals surface area contributed by atoms with Gasteiger partial charge in [0.1, 0.15) is 17.9 Å². The number of benzene rings is 1. The van der Waals surface area contributed by atoms with Gasteiger partial charge in [0.05, 0.1) is 6.54 Å². The summed E-state index contributed by atoms with van der Waals surface area (Å²) < 4.78 is 6.01. The third-order valence-corrected chi connectivity index (χ3v) is 5.27. The van der Waals surface area contributed by atoms with Crippen molar-refractivity contribution in [1.82, 2.24) is 10.2 Å². The molecular weight excluding hydrogens is 304 g/mol. The van der Waals surface area contributed by atoms with E-state index >= 15 is 0 Å². The number of likely N-dealkylation sites (tertiary alicyclic amines) is 1. The highest BCUT2D eigenvalue weighted by Crippen LogP contribution is 2.32. The van der Waals surface area contributed by atoms with Crippen molar-refractivity contribution < 1.29 is 14.3 Å². The SMILES string of the molecule is O=C(NC1CC1)[C@@H]1C[C@H](Oc2ccccc2)CN1C(=O)C1CCC1. The molecule has 0 radical (unpaired) electrons. The molecule has 1 aromatic carbocycles. The van der Waals surface area contributed by atoms with Crippen LogP contribution in [0, 0.1) is 5.92 Å². The van der Waals surface area contributed by atoms with Crippen LogP contribution in [-0.4, -0.2) is 41.4 Å². The van der Waals surface area contributed by atoms with E-state index < -0.39 is 0 Å². The number of para-hydroxylation sites is 1. The van der Waals surface area contributed by atoms with Crippen molar-refractivity contribution in [3.05, 3.63) is 30.3 Å². The quantitative estimate of drug-likeness (QED) is 0.901.